The van der Waals surface area contributed by atoms with Crippen molar-refractivity contribution < 1.29 is 13.9 Å². The molecular weight excluding hydrogens is 578 g/mol. The normalized spacial score (nSPS) is 10.6. The fraction of sp³-hybridized carbons (Fsp3) is 0.0455. The summed E-state index contributed by atoms with van der Waals surface area (Å²) < 4.78 is 12.7. The Kier molecular flexibility index (Phi) is 7.04. The van der Waals surface area contributed by atoms with Gasteiger partial charge in [-0.1, -0.05) is 28.1 Å². The molecule has 0 unspecified atom stereocenters. The first-order chi connectivity index (χ1) is 15.4. The van der Waals surface area contributed by atoms with Gasteiger partial charge in [0.25, 0.3) is 5.91 Å². The first-order valence-corrected chi connectivity index (χ1v) is 12.1. The lowest BCUT2D eigenvalue weighted by Gasteiger charge is -2.06. The van der Waals surface area contributed by atoms with Gasteiger partial charge in [0.1, 0.15) is 11.5 Å². The van der Waals surface area contributed by atoms with Gasteiger partial charge in [0.15, 0.2) is 16.0 Å². The molecular formula is C22H15Br2N3O3S2. The third-order valence-electron chi connectivity index (χ3n) is 4.36. The number of thiazole rings is 1. The van der Waals surface area contributed by atoms with E-state index < -0.39 is 5.91 Å². The van der Waals surface area contributed by atoms with Gasteiger partial charge in [0, 0.05) is 21.0 Å². The number of nitrogens with zero attached hydrogens (tertiary/aromatic N) is 1. The number of nitrogens with one attached hydrogen (secondary N) is 2. The third-order valence-corrected chi connectivity index (χ3v) is 6.47. The Morgan fingerprint density at radius 2 is 1.84 bits per heavy atom. The molecule has 0 aliphatic rings. The third kappa shape index (κ3) is 5.26. The van der Waals surface area contributed by atoms with E-state index in [1.54, 1.807) is 19.2 Å². The zero-order valence-corrected chi connectivity index (χ0v) is 21.3. The molecule has 2 N–H and O–H groups in total. The highest BCUT2D eigenvalue weighted by atomic mass is 79.9. The van der Waals surface area contributed by atoms with Gasteiger partial charge in [-0.3, -0.25) is 10.1 Å². The number of furan rings is 1. The Bertz CT molecular complexity index is 1290. The van der Waals surface area contributed by atoms with E-state index in [9.17, 15) is 4.79 Å². The molecule has 0 saturated carbocycles. The minimum atomic E-state index is -0.443. The smallest absolute Gasteiger partial charge is 0.293 e. The highest BCUT2D eigenvalue weighted by molar-refractivity contribution is 9.10. The van der Waals surface area contributed by atoms with Crippen molar-refractivity contribution in [2.24, 2.45) is 0 Å². The van der Waals surface area contributed by atoms with E-state index in [4.69, 9.17) is 21.4 Å². The van der Waals surface area contributed by atoms with Crippen LogP contribution in [0.2, 0.25) is 0 Å². The van der Waals surface area contributed by atoms with Gasteiger partial charge in [-0.05, 0) is 70.6 Å². The van der Waals surface area contributed by atoms with Crippen LogP contribution in [0, 0.1) is 0 Å². The quantitative estimate of drug-likeness (QED) is 0.250. The van der Waals surface area contributed by atoms with E-state index >= 15 is 0 Å². The van der Waals surface area contributed by atoms with Crippen molar-refractivity contribution in [1.82, 2.24) is 10.3 Å². The molecule has 2 heterocycles. The van der Waals surface area contributed by atoms with Crippen LogP contribution in [0.25, 0.3) is 22.6 Å². The summed E-state index contributed by atoms with van der Waals surface area (Å²) in [6, 6.07) is 16.7. The molecule has 4 aromatic rings. The van der Waals surface area contributed by atoms with E-state index in [-0.39, 0.29) is 10.9 Å². The van der Waals surface area contributed by atoms with Crippen molar-refractivity contribution in [2.45, 2.75) is 0 Å². The van der Waals surface area contributed by atoms with Gasteiger partial charge in [0.2, 0.25) is 0 Å². The van der Waals surface area contributed by atoms with E-state index in [1.807, 2.05) is 47.8 Å². The van der Waals surface area contributed by atoms with Crippen molar-refractivity contribution in [1.29, 1.82) is 0 Å². The van der Waals surface area contributed by atoms with Crippen molar-refractivity contribution in [3.05, 3.63) is 74.7 Å². The number of aromatic nitrogens is 1. The number of thiocarbonyl (C=S) groups is 1. The second-order valence-electron chi connectivity index (χ2n) is 6.47. The number of methoxy groups -OCH3 is 1. The number of carbonyl (C=O) groups is 1. The Labute approximate surface area is 210 Å². The van der Waals surface area contributed by atoms with Crippen molar-refractivity contribution in [2.75, 3.05) is 12.4 Å². The zero-order valence-electron chi connectivity index (χ0n) is 16.5. The maximum Gasteiger partial charge on any atom is 0.293 e. The molecule has 2 aromatic heterocycles. The van der Waals surface area contributed by atoms with Crippen LogP contribution in [-0.2, 0) is 0 Å². The number of anilines is 1. The van der Waals surface area contributed by atoms with Gasteiger partial charge in [-0.15, -0.1) is 11.3 Å². The second kappa shape index (κ2) is 9.95. The molecule has 162 valence electrons. The molecule has 0 atom stereocenters. The van der Waals surface area contributed by atoms with E-state index in [1.165, 1.54) is 11.3 Å². The molecule has 0 aliphatic heterocycles. The Morgan fingerprint density at radius 1 is 1.09 bits per heavy atom. The molecule has 4 rings (SSSR count). The Morgan fingerprint density at radius 3 is 2.56 bits per heavy atom. The van der Waals surface area contributed by atoms with Gasteiger partial charge < -0.3 is 14.5 Å². The second-order valence-corrected chi connectivity index (χ2v) is 9.50. The van der Waals surface area contributed by atoms with E-state index in [2.05, 4.69) is 47.5 Å². The molecule has 0 saturated heterocycles. The fourth-order valence-corrected chi connectivity index (χ4v) is 4.59. The van der Waals surface area contributed by atoms with Crippen LogP contribution in [0.15, 0.2) is 73.3 Å². The molecule has 32 heavy (non-hydrogen) atoms. The minimum absolute atomic E-state index is 0.133. The summed E-state index contributed by atoms with van der Waals surface area (Å²) in [5.74, 6) is 1.06. The van der Waals surface area contributed by atoms with Gasteiger partial charge >= 0.3 is 0 Å². The highest BCUT2D eigenvalue weighted by Gasteiger charge is 2.15. The van der Waals surface area contributed by atoms with Crippen LogP contribution in [-0.4, -0.2) is 23.1 Å². The van der Waals surface area contributed by atoms with Gasteiger partial charge in [-0.25, -0.2) is 4.98 Å². The maximum atomic E-state index is 12.5. The average Bonchev–Trinajstić information content (AvgIpc) is 3.44. The SMILES string of the molecule is COc1ccc(-c2csc(NC(=S)NC(=O)c3ccc(-c4ccc(Br)cc4)o3)n2)cc1Br. The number of benzene rings is 2. The first kappa shape index (κ1) is 22.7. The van der Waals surface area contributed by atoms with Crippen LogP contribution in [0.3, 0.4) is 0 Å². The summed E-state index contributed by atoms with van der Waals surface area (Å²) in [4.78, 5) is 17.0. The molecule has 10 heteroatoms. The van der Waals surface area contributed by atoms with Crippen molar-refractivity contribution in [3.63, 3.8) is 0 Å². The number of amides is 1. The number of hydrogen-bond acceptors (Lipinski definition) is 6. The molecule has 0 fully saturated rings. The topological polar surface area (TPSA) is 76.4 Å². The number of carbonyl (C=O) groups excluding carboxylic acids is 1. The predicted molar refractivity (Wildman–Crippen MR) is 137 cm³/mol. The highest BCUT2D eigenvalue weighted by Crippen LogP contribution is 2.32. The molecule has 0 bridgehead atoms. The number of rotatable bonds is 5. The molecule has 1 amide bonds. The van der Waals surface area contributed by atoms with Crippen molar-refractivity contribution in [3.8, 4) is 28.3 Å². The minimum Gasteiger partial charge on any atom is -0.496 e. The standard InChI is InChI=1S/C22H15Br2N3O3S2/c1-29-18-7-4-13(10-15(18)24)16-11-32-22(25-16)27-21(31)26-20(28)19-9-8-17(30-19)12-2-5-14(23)6-3-12/h2-11H,1H3,(H2,25,26,27,28,31). The van der Waals surface area contributed by atoms with Gasteiger partial charge in [0.05, 0.1) is 17.3 Å². The summed E-state index contributed by atoms with van der Waals surface area (Å²) in [5, 5.41) is 8.15. The van der Waals surface area contributed by atoms with Crippen LogP contribution >= 0.6 is 55.4 Å². The van der Waals surface area contributed by atoms with Gasteiger partial charge in [-0.2, -0.15) is 0 Å². The molecule has 2 aromatic carbocycles. The van der Waals surface area contributed by atoms with Crippen LogP contribution in [0.1, 0.15) is 10.6 Å². The molecule has 0 aliphatic carbocycles. The molecule has 6 nitrogen and oxygen atoms in total. The summed E-state index contributed by atoms with van der Waals surface area (Å²) in [6.07, 6.45) is 0. The van der Waals surface area contributed by atoms with Crippen LogP contribution in [0.5, 0.6) is 5.75 Å². The predicted octanol–water partition coefficient (Wildman–Crippen LogP) is 6.73. The monoisotopic (exact) mass is 591 g/mol. The lowest BCUT2D eigenvalue weighted by Crippen LogP contribution is -2.33. The lowest BCUT2D eigenvalue weighted by molar-refractivity contribution is 0.0951. The number of ether oxygens (including phenoxy) is 1. The number of hydrogen-bond donors (Lipinski definition) is 2. The number of halogens is 2. The zero-order chi connectivity index (χ0) is 22.7. The van der Waals surface area contributed by atoms with Crippen molar-refractivity contribution >= 4 is 71.6 Å². The largest absolute Gasteiger partial charge is 0.496 e. The van der Waals surface area contributed by atoms with Crippen LogP contribution < -0.4 is 15.4 Å². The first-order valence-electron chi connectivity index (χ1n) is 9.20. The summed E-state index contributed by atoms with van der Waals surface area (Å²) in [6.45, 7) is 0. The molecule has 0 radical (unpaired) electrons. The lowest BCUT2D eigenvalue weighted by atomic mass is 10.2. The van der Waals surface area contributed by atoms with E-state index in [0.717, 1.165) is 31.5 Å². The summed E-state index contributed by atoms with van der Waals surface area (Å²) >= 11 is 13.5. The Hall–Kier alpha value is -2.53. The van der Waals surface area contributed by atoms with E-state index in [0.29, 0.717) is 10.9 Å². The maximum absolute atomic E-state index is 12.5. The fourth-order valence-electron chi connectivity index (χ4n) is 2.81. The summed E-state index contributed by atoms with van der Waals surface area (Å²) in [7, 11) is 1.62. The molecule has 0 spiro atoms. The Balaban J connectivity index is 1.38. The summed E-state index contributed by atoms with van der Waals surface area (Å²) in [5.41, 5.74) is 2.57. The average molecular weight is 593 g/mol. The van der Waals surface area contributed by atoms with Crippen LogP contribution in [0.4, 0.5) is 5.13 Å².